The van der Waals surface area contributed by atoms with Crippen molar-refractivity contribution in [2.24, 2.45) is 23.7 Å². The van der Waals surface area contributed by atoms with E-state index in [2.05, 4.69) is 65.8 Å². The Morgan fingerprint density at radius 3 is 1.42 bits per heavy atom. The molecule has 3 aromatic rings. The monoisotopic (exact) mass is 648 g/mol. The summed E-state index contributed by atoms with van der Waals surface area (Å²) in [5, 5.41) is 0. The van der Waals surface area contributed by atoms with Crippen molar-refractivity contribution >= 4 is 24.3 Å². The van der Waals surface area contributed by atoms with Crippen molar-refractivity contribution in [2.45, 2.75) is 103 Å². The zero-order chi connectivity index (χ0) is 34.5. The Morgan fingerprint density at radius 2 is 1.00 bits per heavy atom. The van der Waals surface area contributed by atoms with Crippen molar-refractivity contribution in [3.8, 4) is 0 Å². The van der Waals surface area contributed by atoms with Crippen LogP contribution >= 0.6 is 0 Å². The molecular weight excluding hydrogens is 596 g/mol. The van der Waals surface area contributed by atoms with E-state index < -0.39 is 11.9 Å². The highest BCUT2D eigenvalue weighted by Crippen LogP contribution is 2.45. The molecule has 5 rings (SSSR count). The van der Waals surface area contributed by atoms with Gasteiger partial charge in [-0.3, -0.25) is 4.79 Å². The van der Waals surface area contributed by atoms with Crippen LogP contribution in [-0.2, 0) is 29.9 Å². The molecule has 0 spiro atoms. The van der Waals surface area contributed by atoms with Crippen LogP contribution in [0.25, 0.3) is 6.08 Å². The van der Waals surface area contributed by atoms with Gasteiger partial charge in [-0.05, 0) is 71.1 Å². The fourth-order valence-corrected chi connectivity index (χ4v) is 8.24. The summed E-state index contributed by atoms with van der Waals surface area (Å²) in [4.78, 5) is 40.6. The molecule has 6 atom stereocenters. The Morgan fingerprint density at radius 1 is 0.604 bits per heavy atom. The van der Waals surface area contributed by atoms with Gasteiger partial charge in [0.25, 0.3) is 0 Å². The second-order valence-corrected chi connectivity index (χ2v) is 15.4. The SMILES string of the molecule is C[C@@H]1CC[C@@H](C(C)(C)c2ccccc2)[C@H](OC(=O)C(=Cc2ccccc2C=O)C(=O)O[C@@H]2C[C@H](C)CC[C@H]2C(C)(C)c2ccccc2)C1. The smallest absolute Gasteiger partial charge is 0.345 e. The van der Waals surface area contributed by atoms with Crippen molar-refractivity contribution in [2.75, 3.05) is 0 Å². The molecule has 254 valence electrons. The molecule has 0 aliphatic heterocycles. The van der Waals surface area contributed by atoms with Crippen molar-refractivity contribution in [1.29, 1.82) is 0 Å². The summed E-state index contributed by atoms with van der Waals surface area (Å²) < 4.78 is 12.8. The van der Waals surface area contributed by atoms with E-state index in [1.54, 1.807) is 24.3 Å². The molecule has 0 bridgehead atoms. The van der Waals surface area contributed by atoms with Crippen LogP contribution in [0.15, 0.2) is 90.5 Å². The fourth-order valence-electron chi connectivity index (χ4n) is 8.24. The van der Waals surface area contributed by atoms with Gasteiger partial charge in [0, 0.05) is 17.4 Å². The van der Waals surface area contributed by atoms with E-state index in [0.717, 1.165) is 32.0 Å². The van der Waals surface area contributed by atoms with E-state index in [-0.39, 0.29) is 40.4 Å². The van der Waals surface area contributed by atoms with E-state index in [9.17, 15) is 14.4 Å². The molecule has 5 nitrogen and oxygen atoms in total. The van der Waals surface area contributed by atoms with E-state index in [4.69, 9.17) is 9.47 Å². The second-order valence-electron chi connectivity index (χ2n) is 15.4. The maximum absolute atomic E-state index is 14.3. The van der Waals surface area contributed by atoms with E-state index in [0.29, 0.717) is 35.8 Å². The molecular formula is C43H52O5. The van der Waals surface area contributed by atoms with Crippen LogP contribution < -0.4 is 0 Å². The highest BCUT2D eigenvalue weighted by Gasteiger charge is 2.45. The molecule has 0 amide bonds. The molecule has 5 heteroatoms. The minimum atomic E-state index is -0.698. The summed E-state index contributed by atoms with van der Waals surface area (Å²) >= 11 is 0. The summed E-state index contributed by atoms with van der Waals surface area (Å²) in [7, 11) is 0. The zero-order valence-corrected chi connectivity index (χ0v) is 29.5. The summed E-state index contributed by atoms with van der Waals surface area (Å²) in [5.41, 5.74) is 2.57. The van der Waals surface area contributed by atoms with Crippen molar-refractivity contribution in [3.05, 3.63) is 113 Å². The van der Waals surface area contributed by atoms with Crippen molar-refractivity contribution in [3.63, 3.8) is 0 Å². The van der Waals surface area contributed by atoms with E-state index in [1.165, 1.54) is 17.2 Å². The lowest BCUT2D eigenvalue weighted by Crippen LogP contribution is -2.45. The van der Waals surface area contributed by atoms with Gasteiger partial charge >= 0.3 is 11.9 Å². The molecule has 0 unspecified atom stereocenters. The first-order valence-corrected chi connectivity index (χ1v) is 17.7. The number of benzene rings is 3. The second kappa shape index (κ2) is 15.1. The van der Waals surface area contributed by atoms with Crippen LogP contribution in [0.4, 0.5) is 0 Å². The number of esters is 2. The fraction of sp³-hybridized carbons (Fsp3) is 0.465. The lowest BCUT2D eigenvalue weighted by molar-refractivity contribution is -0.160. The van der Waals surface area contributed by atoms with Gasteiger partial charge in [0.2, 0.25) is 0 Å². The summed E-state index contributed by atoms with van der Waals surface area (Å²) in [6.45, 7) is 13.2. The molecule has 0 heterocycles. The maximum atomic E-state index is 14.3. The zero-order valence-electron chi connectivity index (χ0n) is 29.5. The van der Waals surface area contributed by atoms with Gasteiger partial charge in [0.15, 0.2) is 6.29 Å². The van der Waals surface area contributed by atoms with Gasteiger partial charge in [-0.2, -0.15) is 0 Å². The molecule has 0 saturated heterocycles. The number of aldehydes is 1. The number of carbonyl (C=O) groups is 3. The predicted molar refractivity (Wildman–Crippen MR) is 192 cm³/mol. The van der Waals surface area contributed by atoms with Crippen molar-refractivity contribution < 1.29 is 23.9 Å². The Labute approximate surface area is 287 Å². The lowest BCUT2D eigenvalue weighted by Gasteiger charge is -2.44. The topological polar surface area (TPSA) is 69.7 Å². The molecule has 2 aliphatic carbocycles. The predicted octanol–water partition coefficient (Wildman–Crippen LogP) is 9.53. The summed E-state index contributed by atoms with van der Waals surface area (Å²) in [5.74, 6) is -0.506. The lowest BCUT2D eigenvalue weighted by atomic mass is 9.64. The average Bonchev–Trinajstić information content (AvgIpc) is 3.08. The normalized spacial score (nSPS) is 24.6. The summed E-state index contributed by atoms with van der Waals surface area (Å²) in [6.07, 6.45) is 6.81. The minimum Gasteiger partial charge on any atom is -0.458 e. The molecule has 0 aromatic heterocycles. The quantitative estimate of drug-likeness (QED) is 0.0720. The molecule has 0 N–H and O–H groups in total. The highest BCUT2D eigenvalue weighted by atomic mass is 16.6. The third kappa shape index (κ3) is 7.83. The molecule has 2 aliphatic rings. The van der Waals surface area contributed by atoms with Crippen LogP contribution in [0, 0.1) is 23.7 Å². The van der Waals surface area contributed by atoms with Gasteiger partial charge in [0.05, 0.1) is 0 Å². The van der Waals surface area contributed by atoms with Crippen molar-refractivity contribution in [1.82, 2.24) is 0 Å². The molecule has 2 fully saturated rings. The van der Waals surface area contributed by atoms with Crippen LogP contribution in [-0.4, -0.2) is 30.4 Å². The van der Waals surface area contributed by atoms with Crippen LogP contribution in [0.5, 0.6) is 0 Å². The maximum Gasteiger partial charge on any atom is 0.345 e. The standard InChI is InChI=1S/C43H52O5/c1-29-21-23-36(42(3,4)33-17-9-7-10-18-33)38(25-29)47-40(45)35(27-31-15-13-14-16-32(31)28-44)41(46)48-39-26-30(2)22-24-37(39)43(5,6)34-19-11-8-12-20-34/h7-20,27-30,36-39H,21-26H2,1-6H3/t29-,30-,36-,37-,38-,39-/m1/s1. The van der Waals surface area contributed by atoms with Gasteiger partial charge < -0.3 is 9.47 Å². The Kier molecular flexibility index (Phi) is 11.1. The van der Waals surface area contributed by atoms with Gasteiger partial charge in [-0.1, -0.05) is 139 Å². The van der Waals surface area contributed by atoms with Gasteiger partial charge in [-0.15, -0.1) is 0 Å². The number of carbonyl (C=O) groups excluding carboxylic acids is 3. The Balaban J connectivity index is 1.47. The first kappa shape index (κ1) is 35.3. The molecule has 2 saturated carbocycles. The number of hydrogen-bond donors (Lipinski definition) is 0. The van der Waals surface area contributed by atoms with Crippen LogP contribution in [0.1, 0.15) is 107 Å². The van der Waals surface area contributed by atoms with E-state index in [1.807, 2.05) is 36.4 Å². The first-order valence-electron chi connectivity index (χ1n) is 17.7. The third-order valence-electron chi connectivity index (χ3n) is 11.4. The molecule has 48 heavy (non-hydrogen) atoms. The highest BCUT2D eigenvalue weighted by molar-refractivity contribution is 6.18. The van der Waals surface area contributed by atoms with Crippen LogP contribution in [0.2, 0.25) is 0 Å². The Hall–Kier alpha value is -3.99. The largest absolute Gasteiger partial charge is 0.458 e. The molecule has 3 aromatic carbocycles. The van der Waals surface area contributed by atoms with E-state index >= 15 is 0 Å². The minimum absolute atomic E-state index is 0.0647. The number of ether oxygens (including phenoxy) is 2. The number of rotatable bonds is 10. The number of hydrogen-bond acceptors (Lipinski definition) is 5. The van der Waals surface area contributed by atoms with Crippen LogP contribution in [0.3, 0.4) is 0 Å². The van der Waals surface area contributed by atoms with Gasteiger partial charge in [0.1, 0.15) is 17.8 Å². The summed E-state index contributed by atoms with van der Waals surface area (Å²) in [6, 6.07) is 27.7. The Bertz CT molecular complexity index is 1500. The molecule has 0 radical (unpaired) electrons. The average molecular weight is 649 g/mol. The van der Waals surface area contributed by atoms with Gasteiger partial charge in [-0.25, -0.2) is 9.59 Å². The first-order chi connectivity index (χ1) is 22.9. The third-order valence-corrected chi connectivity index (χ3v) is 11.4.